The van der Waals surface area contributed by atoms with Crippen LogP contribution in [0.1, 0.15) is 36.8 Å². The Morgan fingerprint density at radius 3 is 3.00 bits per heavy atom. The number of likely N-dealkylation sites (tertiary alicyclic amines) is 1. The first-order valence-corrected chi connectivity index (χ1v) is 8.47. The normalized spacial score (nSPS) is 21.1. The first-order valence-electron chi connectivity index (χ1n) is 6.57. The van der Waals surface area contributed by atoms with Crippen LogP contribution in [0.25, 0.3) is 0 Å². The molecule has 2 heterocycles. The van der Waals surface area contributed by atoms with Gasteiger partial charge in [-0.2, -0.15) is 0 Å². The number of nitrogens with one attached hydrogen (secondary N) is 1. The van der Waals surface area contributed by atoms with Gasteiger partial charge in [0.15, 0.2) is 5.76 Å². The topological polar surface area (TPSA) is 75.4 Å². The minimum Gasteiger partial charge on any atom is -0.359 e. The van der Waals surface area contributed by atoms with Crippen LogP contribution in [-0.4, -0.2) is 44.4 Å². The van der Waals surface area contributed by atoms with Gasteiger partial charge in [-0.1, -0.05) is 5.16 Å². The van der Waals surface area contributed by atoms with Gasteiger partial charge in [-0.25, -0.2) is 13.1 Å². The van der Waals surface area contributed by atoms with Crippen molar-refractivity contribution in [2.75, 3.05) is 25.9 Å². The zero-order chi connectivity index (χ0) is 13.9. The monoisotopic (exact) mass is 287 g/mol. The van der Waals surface area contributed by atoms with E-state index in [9.17, 15) is 8.42 Å². The highest BCUT2D eigenvalue weighted by Crippen LogP contribution is 2.31. The molecule has 0 bridgehead atoms. The quantitative estimate of drug-likeness (QED) is 0.792. The summed E-state index contributed by atoms with van der Waals surface area (Å²) in [6.45, 7) is 4.30. The van der Waals surface area contributed by atoms with Gasteiger partial charge in [0.05, 0.1) is 18.0 Å². The van der Waals surface area contributed by atoms with Crippen LogP contribution in [-0.2, 0) is 10.0 Å². The Kier molecular flexibility index (Phi) is 4.59. The van der Waals surface area contributed by atoms with Crippen LogP contribution in [0.3, 0.4) is 0 Å². The van der Waals surface area contributed by atoms with Crippen LogP contribution in [0.2, 0.25) is 0 Å². The lowest BCUT2D eigenvalue weighted by molar-refractivity contribution is 0.212. The Bertz CT molecular complexity index is 512. The smallest absolute Gasteiger partial charge is 0.208 e. The highest BCUT2D eigenvalue weighted by atomic mass is 32.2. The van der Waals surface area contributed by atoms with Gasteiger partial charge in [0.25, 0.3) is 0 Å². The molecule has 2 rings (SSSR count). The number of nitrogens with zero attached hydrogens (tertiary/aromatic N) is 2. The molecule has 1 atom stereocenters. The van der Waals surface area contributed by atoms with E-state index in [1.165, 1.54) is 6.26 Å². The molecule has 0 spiro atoms. The Labute approximate surface area is 114 Å². The molecule has 1 aromatic heterocycles. The van der Waals surface area contributed by atoms with Gasteiger partial charge in [-0.05, 0) is 32.7 Å². The van der Waals surface area contributed by atoms with E-state index in [0.717, 1.165) is 43.8 Å². The Hall–Kier alpha value is -0.920. The van der Waals surface area contributed by atoms with Crippen molar-refractivity contribution < 1.29 is 12.9 Å². The number of aromatic nitrogens is 1. The van der Waals surface area contributed by atoms with E-state index < -0.39 is 10.0 Å². The minimum atomic E-state index is -3.08. The molecule has 0 aromatic carbocycles. The van der Waals surface area contributed by atoms with Gasteiger partial charge >= 0.3 is 0 Å². The van der Waals surface area contributed by atoms with E-state index in [2.05, 4.69) is 14.8 Å². The van der Waals surface area contributed by atoms with Crippen LogP contribution in [0.5, 0.6) is 0 Å². The Morgan fingerprint density at radius 1 is 1.58 bits per heavy atom. The maximum absolute atomic E-state index is 11.0. The van der Waals surface area contributed by atoms with Crippen LogP contribution in [0.15, 0.2) is 10.6 Å². The molecule has 0 amide bonds. The first-order chi connectivity index (χ1) is 8.96. The summed E-state index contributed by atoms with van der Waals surface area (Å²) in [6.07, 6.45) is 4.21. The summed E-state index contributed by atoms with van der Waals surface area (Å²) < 4.78 is 29.8. The summed E-state index contributed by atoms with van der Waals surface area (Å²) in [6, 6.07) is 2.28. The molecule has 1 N–H and O–H groups in total. The highest BCUT2D eigenvalue weighted by molar-refractivity contribution is 7.88. The van der Waals surface area contributed by atoms with E-state index in [0.29, 0.717) is 12.6 Å². The number of hydrogen-bond donors (Lipinski definition) is 1. The third kappa shape index (κ3) is 4.29. The standard InChI is InChI=1S/C12H21N3O3S/c1-10-9-12(18-14-10)11-5-3-7-15(11)8-4-6-13-19(2,16)17/h9,11,13H,3-8H2,1-2H3. The fourth-order valence-electron chi connectivity index (χ4n) is 2.50. The van der Waals surface area contributed by atoms with Crippen molar-refractivity contribution in [1.29, 1.82) is 0 Å². The average molecular weight is 287 g/mol. The molecular formula is C12H21N3O3S. The van der Waals surface area contributed by atoms with Crippen LogP contribution in [0.4, 0.5) is 0 Å². The molecule has 1 aliphatic rings. The molecule has 1 fully saturated rings. The van der Waals surface area contributed by atoms with E-state index >= 15 is 0 Å². The molecule has 7 heteroatoms. The zero-order valence-corrected chi connectivity index (χ0v) is 12.2. The molecule has 1 aromatic rings. The molecule has 0 radical (unpaired) electrons. The number of sulfonamides is 1. The van der Waals surface area contributed by atoms with Crippen molar-refractivity contribution in [2.24, 2.45) is 0 Å². The largest absolute Gasteiger partial charge is 0.359 e. The van der Waals surface area contributed by atoms with Crippen molar-refractivity contribution in [1.82, 2.24) is 14.8 Å². The van der Waals surface area contributed by atoms with Crippen molar-refractivity contribution in [3.05, 3.63) is 17.5 Å². The van der Waals surface area contributed by atoms with E-state index in [-0.39, 0.29) is 0 Å². The molecule has 6 nitrogen and oxygen atoms in total. The lowest BCUT2D eigenvalue weighted by Gasteiger charge is -2.22. The van der Waals surface area contributed by atoms with Crippen molar-refractivity contribution >= 4 is 10.0 Å². The molecular weight excluding hydrogens is 266 g/mol. The fourth-order valence-corrected chi connectivity index (χ4v) is 3.01. The van der Waals surface area contributed by atoms with Crippen LogP contribution < -0.4 is 4.72 Å². The van der Waals surface area contributed by atoms with Gasteiger partial charge in [0, 0.05) is 19.2 Å². The van der Waals surface area contributed by atoms with Crippen molar-refractivity contribution in [2.45, 2.75) is 32.2 Å². The van der Waals surface area contributed by atoms with Gasteiger partial charge < -0.3 is 4.52 Å². The van der Waals surface area contributed by atoms with Gasteiger partial charge in [0.2, 0.25) is 10.0 Å². The summed E-state index contributed by atoms with van der Waals surface area (Å²) in [5.41, 5.74) is 0.903. The predicted molar refractivity (Wildman–Crippen MR) is 72.3 cm³/mol. The molecule has 0 saturated carbocycles. The summed E-state index contributed by atoms with van der Waals surface area (Å²) in [4.78, 5) is 2.34. The molecule has 108 valence electrons. The van der Waals surface area contributed by atoms with Gasteiger partial charge in [-0.15, -0.1) is 0 Å². The van der Waals surface area contributed by atoms with Gasteiger partial charge in [-0.3, -0.25) is 4.90 Å². The minimum absolute atomic E-state index is 0.291. The summed E-state index contributed by atoms with van der Waals surface area (Å²) in [5, 5.41) is 3.93. The SMILES string of the molecule is Cc1cc(C2CCCN2CCCNS(C)(=O)=O)on1. The van der Waals surface area contributed by atoms with Crippen LogP contribution in [0, 0.1) is 6.92 Å². The number of hydrogen-bond acceptors (Lipinski definition) is 5. The second-order valence-electron chi connectivity index (χ2n) is 5.08. The molecule has 1 saturated heterocycles. The second-order valence-corrected chi connectivity index (χ2v) is 6.92. The fraction of sp³-hybridized carbons (Fsp3) is 0.750. The molecule has 1 aliphatic heterocycles. The van der Waals surface area contributed by atoms with Gasteiger partial charge in [0.1, 0.15) is 0 Å². The third-order valence-electron chi connectivity index (χ3n) is 3.32. The Balaban J connectivity index is 1.83. The molecule has 19 heavy (non-hydrogen) atoms. The first kappa shape index (κ1) is 14.5. The van der Waals surface area contributed by atoms with E-state index in [1.54, 1.807) is 0 Å². The maximum atomic E-state index is 11.0. The highest BCUT2D eigenvalue weighted by Gasteiger charge is 2.28. The van der Waals surface area contributed by atoms with Crippen molar-refractivity contribution in [3.63, 3.8) is 0 Å². The Morgan fingerprint density at radius 2 is 2.37 bits per heavy atom. The number of rotatable bonds is 6. The summed E-state index contributed by atoms with van der Waals surface area (Å²) in [5.74, 6) is 0.922. The van der Waals surface area contributed by atoms with E-state index in [1.807, 2.05) is 13.0 Å². The second kappa shape index (κ2) is 6.02. The lowest BCUT2D eigenvalue weighted by Crippen LogP contribution is -2.29. The maximum Gasteiger partial charge on any atom is 0.208 e. The van der Waals surface area contributed by atoms with Crippen molar-refractivity contribution in [3.8, 4) is 0 Å². The predicted octanol–water partition coefficient (Wildman–Crippen LogP) is 1.06. The van der Waals surface area contributed by atoms with E-state index in [4.69, 9.17) is 4.52 Å². The lowest BCUT2D eigenvalue weighted by atomic mass is 10.1. The van der Waals surface area contributed by atoms with Crippen LogP contribution >= 0.6 is 0 Å². The summed E-state index contributed by atoms with van der Waals surface area (Å²) >= 11 is 0. The zero-order valence-electron chi connectivity index (χ0n) is 11.4. The average Bonchev–Trinajstić information content (AvgIpc) is 2.91. The molecule has 1 unspecified atom stereocenters. The summed E-state index contributed by atoms with van der Waals surface area (Å²) in [7, 11) is -3.08. The number of aryl methyl sites for hydroxylation is 1. The third-order valence-corrected chi connectivity index (χ3v) is 4.05. The molecule has 0 aliphatic carbocycles.